The molecule has 1 aliphatic heterocycles. The fourth-order valence-corrected chi connectivity index (χ4v) is 2.65. The molecule has 1 N–H and O–H groups in total. The molecule has 0 bridgehead atoms. The van der Waals surface area contributed by atoms with Crippen LogP contribution < -0.4 is 10.2 Å². The fraction of sp³-hybridized carbons (Fsp3) is 0.211. The highest BCUT2D eigenvalue weighted by atomic mass is 19.1. The molecule has 134 valence electrons. The predicted octanol–water partition coefficient (Wildman–Crippen LogP) is 2.66. The van der Waals surface area contributed by atoms with E-state index < -0.39 is 23.8 Å². The number of nitrogens with one attached hydrogen (secondary N) is 1. The van der Waals surface area contributed by atoms with Gasteiger partial charge in [-0.1, -0.05) is 18.2 Å². The van der Waals surface area contributed by atoms with E-state index in [-0.39, 0.29) is 18.0 Å². The van der Waals surface area contributed by atoms with Crippen molar-refractivity contribution in [2.24, 2.45) is 0 Å². The van der Waals surface area contributed by atoms with Crippen LogP contribution in [-0.4, -0.2) is 30.4 Å². The molecule has 0 radical (unpaired) electrons. The molecule has 1 atom stereocenters. The van der Waals surface area contributed by atoms with E-state index in [0.29, 0.717) is 16.9 Å². The van der Waals surface area contributed by atoms with Crippen molar-refractivity contribution in [2.75, 3.05) is 16.8 Å². The zero-order valence-electron chi connectivity index (χ0n) is 14.3. The highest BCUT2D eigenvalue weighted by Crippen LogP contribution is 2.29. The lowest BCUT2D eigenvalue weighted by atomic mass is 10.1. The van der Waals surface area contributed by atoms with Gasteiger partial charge in [0.25, 0.3) is 5.91 Å². The average molecular weight is 356 g/mol. The molecule has 0 fully saturated rings. The van der Waals surface area contributed by atoms with Crippen LogP contribution >= 0.6 is 0 Å². The van der Waals surface area contributed by atoms with Crippen molar-refractivity contribution < 1.29 is 23.5 Å². The number of carbonyl (C=O) groups excluding carboxylic acids is 3. The Kier molecular flexibility index (Phi) is 4.71. The summed E-state index contributed by atoms with van der Waals surface area (Å²) in [6.45, 7) is 2.83. The molecule has 2 aromatic rings. The number of fused-ring (bicyclic) bond motifs is 1. The van der Waals surface area contributed by atoms with Gasteiger partial charge in [0.1, 0.15) is 12.4 Å². The number of hydrogen-bond donors (Lipinski definition) is 1. The molecule has 1 aliphatic rings. The Morgan fingerprint density at radius 1 is 1.23 bits per heavy atom. The maximum atomic E-state index is 13.6. The molecule has 26 heavy (non-hydrogen) atoms. The van der Waals surface area contributed by atoms with Crippen LogP contribution in [0.4, 0.5) is 15.8 Å². The van der Waals surface area contributed by atoms with Gasteiger partial charge in [0.2, 0.25) is 5.91 Å². The molecule has 0 saturated heterocycles. The number of esters is 1. The van der Waals surface area contributed by atoms with E-state index in [4.69, 9.17) is 4.74 Å². The number of para-hydroxylation sites is 2. The third-order valence-corrected chi connectivity index (χ3v) is 4.08. The number of ether oxygens (including phenoxy) is 1. The van der Waals surface area contributed by atoms with Gasteiger partial charge in [-0.05, 0) is 43.7 Å². The molecular weight excluding hydrogens is 339 g/mol. The van der Waals surface area contributed by atoms with Gasteiger partial charge >= 0.3 is 5.97 Å². The monoisotopic (exact) mass is 356 g/mol. The van der Waals surface area contributed by atoms with Crippen LogP contribution in [0.3, 0.4) is 0 Å². The van der Waals surface area contributed by atoms with Crippen LogP contribution in [0.5, 0.6) is 0 Å². The highest BCUT2D eigenvalue weighted by molar-refractivity contribution is 6.11. The Hall–Kier alpha value is -3.22. The van der Waals surface area contributed by atoms with Crippen LogP contribution in [-0.2, 0) is 14.3 Å². The first kappa shape index (κ1) is 17.6. The van der Waals surface area contributed by atoms with Gasteiger partial charge in [0, 0.05) is 0 Å². The first-order valence-electron chi connectivity index (χ1n) is 8.04. The van der Waals surface area contributed by atoms with Crippen molar-refractivity contribution in [3.63, 3.8) is 0 Å². The summed E-state index contributed by atoms with van der Waals surface area (Å²) in [7, 11) is 0. The number of rotatable bonds is 3. The van der Waals surface area contributed by atoms with Gasteiger partial charge in [-0.15, -0.1) is 0 Å². The lowest BCUT2D eigenvalue weighted by molar-refractivity contribution is -0.128. The maximum Gasteiger partial charge on any atom is 0.339 e. The Morgan fingerprint density at radius 2 is 1.96 bits per heavy atom. The van der Waals surface area contributed by atoms with Crippen molar-refractivity contribution in [3.05, 3.63) is 59.4 Å². The van der Waals surface area contributed by atoms with Gasteiger partial charge in [0.15, 0.2) is 6.10 Å². The van der Waals surface area contributed by atoms with Crippen LogP contribution in [0.1, 0.15) is 22.8 Å². The number of aryl methyl sites for hydroxylation is 1. The second-order valence-corrected chi connectivity index (χ2v) is 6.00. The number of anilines is 2. The van der Waals surface area contributed by atoms with Crippen molar-refractivity contribution in [1.82, 2.24) is 0 Å². The fourth-order valence-electron chi connectivity index (χ4n) is 2.65. The molecular formula is C19H17FN2O4. The summed E-state index contributed by atoms with van der Waals surface area (Å²) < 4.78 is 18.8. The minimum Gasteiger partial charge on any atom is -0.449 e. The number of carbonyl (C=O) groups is 3. The smallest absolute Gasteiger partial charge is 0.339 e. The number of halogens is 1. The molecule has 7 heteroatoms. The number of hydrogen-bond acceptors (Lipinski definition) is 4. The molecule has 3 rings (SSSR count). The maximum absolute atomic E-state index is 13.6. The zero-order chi connectivity index (χ0) is 18.8. The zero-order valence-corrected chi connectivity index (χ0v) is 14.3. The highest BCUT2D eigenvalue weighted by Gasteiger charge is 2.31. The molecule has 0 saturated carbocycles. The topological polar surface area (TPSA) is 75.7 Å². The molecule has 0 aromatic heterocycles. The SMILES string of the molecule is Cc1ccc(C(=O)O[C@H](C)C(=O)N2CC(=O)Nc3ccccc32)cc1F. The average Bonchev–Trinajstić information content (AvgIpc) is 2.62. The van der Waals surface area contributed by atoms with E-state index in [1.165, 1.54) is 24.0 Å². The summed E-state index contributed by atoms with van der Waals surface area (Å²) in [6, 6.07) is 10.8. The molecule has 2 amide bonds. The van der Waals surface area contributed by atoms with Crippen molar-refractivity contribution in [2.45, 2.75) is 20.0 Å². The summed E-state index contributed by atoms with van der Waals surface area (Å²) in [6.07, 6.45) is -1.13. The Bertz CT molecular complexity index is 897. The molecule has 0 unspecified atom stereocenters. The third-order valence-electron chi connectivity index (χ3n) is 4.08. The van der Waals surface area contributed by atoms with Crippen molar-refractivity contribution in [1.29, 1.82) is 0 Å². The van der Waals surface area contributed by atoms with E-state index in [0.717, 1.165) is 6.07 Å². The normalized spacial score (nSPS) is 14.3. The second kappa shape index (κ2) is 6.95. The summed E-state index contributed by atoms with van der Waals surface area (Å²) in [5.41, 5.74) is 1.46. The van der Waals surface area contributed by atoms with Crippen molar-refractivity contribution in [3.8, 4) is 0 Å². The Labute approximate surface area is 149 Å². The van der Waals surface area contributed by atoms with Crippen LogP contribution in [0.25, 0.3) is 0 Å². The Morgan fingerprint density at radius 3 is 2.69 bits per heavy atom. The first-order valence-corrected chi connectivity index (χ1v) is 8.04. The molecule has 0 aliphatic carbocycles. The van der Waals surface area contributed by atoms with Crippen LogP contribution in [0.15, 0.2) is 42.5 Å². The summed E-state index contributed by atoms with van der Waals surface area (Å²) in [4.78, 5) is 38.0. The minimum absolute atomic E-state index is 0.0181. The summed E-state index contributed by atoms with van der Waals surface area (Å²) in [5.74, 6) is -2.20. The largest absolute Gasteiger partial charge is 0.449 e. The summed E-state index contributed by atoms with van der Waals surface area (Å²) >= 11 is 0. The second-order valence-electron chi connectivity index (χ2n) is 6.00. The van der Waals surface area contributed by atoms with Gasteiger partial charge in [-0.3, -0.25) is 14.5 Å². The van der Waals surface area contributed by atoms with Crippen molar-refractivity contribution >= 4 is 29.2 Å². The number of amides is 2. The third kappa shape index (κ3) is 3.42. The van der Waals surface area contributed by atoms with Gasteiger partial charge in [-0.25, -0.2) is 9.18 Å². The van der Waals surface area contributed by atoms with E-state index in [1.54, 1.807) is 31.2 Å². The van der Waals surface area contributed by atoms with E-state index >= 15 is 0 Å². The molecule has 1 heterocycles. The lowest BCUT2D eigenvalue weighted by Crippen LogP contribution is -2.47. The van der Waals surface area contributed by atoms with Gasteiger partial charge in [0.05, 0.1) is 16.9 Å². The molecule has 0 spiro atoms. The van der Waals surface area contributed by atoms with Gasteiger partial charge < -0.3 is 10.1 Å². The first-order chi connectivity index (χ1) is 12.4. The summed E-state index contributed by atoms with van der Waals surface area (Å²) in [5, 5.41) is 2.68. The number of nitrogens with zero attached hydrogens (tertiary/aromatic N) is 1. The number of benzene rings is 2. The lowest BCUT2D eigenvalue weighted by Gasteiger charge is -2.30. The standard InChI is InChI=1S/C19H17FN2O4/c1-11-7-8-13(9-14(11)20)19(25)26-12(2)18(24)22-10-17(23)21-15-5-3-4-6-16(15)22/h3-9,12H,10H2,1-2H3,(H,21,23)/t12-/m1/s1. The molecule has 6 nitrogen and oxygen atoms in total. The predicted molar refractivity (Wildman–Crippen MR) is 93.4 cm³/mol. The quantitative estimate of drug-likeness (QED) is 0.858. The van der Waals surface area contributed by atoms with Crippen LogP contribution in [0, 0.1) is 12.7 Å². The van der Waals surface area contributed by atoms with Crippen LogP contribution in [0.2, 0.25) is 0 Å². The Balaban J connectivity index is 1.76. The van der Waals surface area contributed by atoms with E-state index in [9.17, 15) is 18.8 Å². The minimum atomic E-state index is -1.13. The van der Waals surface area contributed by atoms with E-state index in [1.807, 2.05) is 0 Å². The van der Waals surface area contributed by atoms with E-state index in [2.05, 4.69) is 5.32 Å². The van der Waals surface area contributed by atoms with Gasteiger partial charge in [-0.2, -0.15) is 0 Å². The molecule has 2 aromatic carbocycles.